The summed E-state index contributed by atoms with van der Waals surface area (Å²) in [7, 11) is 4.21. The number of anilines is 1. The Balaban J connectivity index is 2.36. The smallest absolute Gasteiger partial charge is 0.0596 e. The third kappa shape index (κ3) is 3.15. The lowest BCUT2D eigenvalue weighted by atomic mass is 9.96. The van der Waals surface area contributed by atoms with E-state index < -0.39 is 0 Å². The van der Waals surface area contributed by atoms with Gasteiger partial charge in [0.25, 0.3) is 0 Å². The molecule has 0 aromatic heterocycles. The summed E-state index contributed by atoms with van der Waals surface area (Å²) in [5.41, 5.74) is 10.5. The lowest BCUT2D eigenvalue weighted by Crippen LogP contribution is -2.21. The van der Waals surface area contributed by atoms with Crippen LogP contribution < -0.4 is 5.73 Å². The highest BCUT2D eigenvalue weighted by atomic mass is 15.1. The van der Waals surface area contributed by atoms with Gasteiger partial charge in [-0.15, -0.1) is 0 Å². The maximum Gasteiger partial charge on any atom is 0.0596 e. The average molecular weight is 254 g/mol. The molecular formula is C17H22N2. The van der Waals surface area contributed by atoms with Crippen molar-refractivity contribution in [2.45, 2.75) is 19.4 Å². The molecule has 19 heavy (non-hydrogen) atoms. The second-order valence-electron chi connectivity index (χ2n) is 5.13. The summed E-state index contributed by atoms with van der Waals surface area (Å²) in [6.07, 6.45) is 1.08. The first-order chi connectivity index (χ1) is 9.11. The zero-order valence-electron chi connectivity index (χ0n) is 11.9. The molecule has 0 spiro atoms. The molecule has 0 heterocycles. The normalized spacial score (nSPS) is 12.6. The highest BCUT2D eigenvalue weighted by Gasteiger charge is 2.16. The molecule has 0 radical (unpaired) electrons. The molecular weight excluding hydrogens is 232 g/mol. The third-order valence-corrected chi connectivity index (χ3v) is 3.47. The number of rotatable bonds is 4. The van der Waals surface area contributed by atoms with Gasteiger partial charge in [0.2, 0.25) is 0 Å². The van der Waals surface area contributed by atoms with Crippen molar-refractivity contribution in [3.8, 4) is 0 Å². The first-order valence-corrected chi connectivity index (χ1v) is 6.72. The fraction of sp³-hybridized carbons (Fsp3) is 0.294. The van der Waals surface area contributed by atoms with Crippen LogP contribution in [0.2, 0.25) is 0 Å². The zero-order chi connectivity index (χ0) is 13.8. The fourth-order valence-corrected chi connectivity index (χ4v) is 2.40. The molecule has 2 aromatic carbocycles. The molecule has 2 heteroatoms. The number of aryl methyl sites for hydroxylation is 1. The summed E-state index contributed by atoms with van der Waals surface area (Å²) >= 11 is 0. The summed E-state index contributed by atoms with van der Waals surface area (Å²) in [6, 6.07) is 17.3. The molecule has 1 unspecified atom stereocenters. The predicted octanol–water partition coefficient (Wildman–Crippen LogP) is 3.48. The Hall–Kier alpha value is -1.80. The van der Waals surface area contributed by atoms with Crippen LogP contribution in [0.4, 0.5) is 5.69 Å². The molecule has 100 valence electrons. The van der Waals surface area contributed by atoms with Crippen LogP contribution in [0.1, 0.15) is 29.7 Å². The molecule has 0 aliphatic heterocycles. The fourth-order valence-electron chi connectivity index (χ4n) is 2.40. The van der Waals surface area contributed by atoms with E-state index in [9.17, 15) is 0 Å². The van der Waals surface area contributed by atoms with Gasteiger partial charge in [-0.05, 0) is 49.3 Å². The molecule has 2 nitrogen and oxygen atoms in total. The van der Waals surface area contributed by atoms with E-state index in [0.717, 1.165) is 12.1 Å². The van der Waals surface area contributed by atoms with Gasteiger partial charge in [-0.25, -0.2) is 0 Å². The van der Waals surface area contributed by atoms with E-state index in [0.29, 0.717) is 0 Å². The van der Waals surface area contributed by atoms with Crippen LogP contribution in [0.15, 0.2) is 48.5 Å². The Kier molecular flexibility index (Phi) is 4.23. The minimum atomic E-state index is 0.270. The van der Waals surface area contributed by atoms with Gasteiger partial charge in [-0.3, -0.25) is 4.90 Å². The van der Waals surface area contributed by atoms with Crippen molar-refractivity contribution in [1.29, 1.82) is 0 Å². The van der Waals surface area contributed by atoms with Gasteiger partial charge < -0.3 is 5.73 Å². The molecule has 2 aromatic rings. The largest absolute Gasteiger partial charge is 0.399 e. The van der Waals surface area contributed by atoms with E-state index >= 15 is 0 Å². The lowest BCUT2D eigenvalue weighted by Gasteiger charge is -2.25. The van der Waals surface area contributed by atoms with Crippen LogP contribution in [-0.2, 0) is 6.42 Å². The Morgan fingerprint density at radius 1 is 0.895 bits per heavy atom. The van der Waals surface area contributed by atoms with Crippen LogP contribution in [0.5, 0.6) is 0 Å². The number of benzene rings is 2. The minimum absolute atomic E-state index is 0.270. The zero-order valence-corrected chi connectivity index (χ0v) is 11.9. The SMILES string of the molecule is CCc1ccc(C(c2ccc(N)cc2)N(C)C)cc1. The first-order valence-electron chi connectivity index (χ1n) is 6.72. The van der Waals surface area contributed by atoms with Crippen LogP contribution >= 0.6 is 0 Å². The van der Waals surface area contributed by atoms with Gasteiger partial charge in [0.05, 0.1) is 6.04 Å². The van der Waals surface area contributed by atoms with E-state index in [1.807, 2.05) is 12.1 Å². The van der Waals surface area contributed by atoms with Crippen molar-refractivity contribution >= 4 is 5.69 Å². The highest BCUT2D eigenvalue weighted by molar-refractivity contribution is 5.42. The summed E-state index contributed by atoms with van der Waals surface area (Å²) in [5, 5.41) is 0. The molecule has 0 amide bonds. The maximum atomic E-state index is 5.77. The van der Waals surface area contributed by atoms with E-state index in [-0.39, 0.29) is 6.04 Å². The summed E-state index contributed by atoms with van der Waals surface area (Å²) in [6.45, 7) is 2.18. The standard InChI is InChI=1S/C17H22N2/c1-4-13-5-7-14(8-6-13)17(19(2)3)15-9-11-16(18)12-10-15/h5-12,17H,4,18H2,1-3H3. The van der Waals surface area contributed by atoms with Crippen LogP contribution in [0, 0.1) is 0 Å². The molecule has 0 bridgehead atoms. The number of hydrogen-bond donors (Lipinski definition) is 1. The number of nitrogens with two attached hydrogens (primary N) is 1. The lowest BCUT2D eigenvalue weighted by molar-refractivity contribution is 0.342. The van der Waals surface area contributed by atoms with Gasteiger partial charge in [0.15, 0.2) is 0 Å². The summed E-state index contributed by atoms with van der Waals surface area (Å²) in [5.74, 6) is 0. The second-order valence-corrected chi connectivity index (χ2v) is 5.13. The van der Waals surface area contributed by atoms with E-state index in [1.54, 1.807) is 0 Å². The van der Waals surface area contributed by atoms with Crippen LogP contribution in [0.3, 0.4) is 0 Å². The molecule has 0 saturated carbocycles. The van der Waals surface area contributed by atoms with Gasteiger partial charge >= 0.3 is 0 Å². The van der Waals surface area contributed by atoms with Crippen molar-refractivity contribution < 1.29 is 0 Å². The minimum Gasteiger partial charge on any atom is -0.399 e. The molecule has 0 aliphatic carbocycles. The van der Waals surface area contributed by atoms with E-state index in [1.165, 1.54) is 16.7 Å². The molecule has 1 atom stereocenters. The topological polar surface area (TPSA) is 29.3 Å². The molecule has 0 aliphatic rings. The summed E-state index contributed by atoms with van der Waals surface area (Å²) in [4.78, 5) is 2.23. The van der Waals surface area contributed by atoms with Crippen LogP contribution in [0.25, 0.3) is 0 Å². The van der Waals surface area contributed by atoms with Crippen molar-refractivity contribution in [3.05, 3.63) is 65.2 Å². The number of hydrogen-bond acceptors (Lipinski definition) is 2. The summed E-state index contributed by atoms with van der Waals surface area (Å²) < 4.78 is 0. The number of nitrogen functional groups attached to an aromatic ring is 1. The molecule has 2 N–H and O–H groups in total. The molecule has 0 saturated heterocycles. The van der Waals surface area contributed by atoms with Crippen molar-refractivity contribution in [1.82, 2.24) is 4.90 Å². The highest BCUT2D eigenvalue weighted by Crippen LogP contribution is 2.27. The van der Waals surface area contributed by atoms with E-state index in [2.05, 4.69) is 62.3 Å². The maximum absolute atomic E-state index is 5.77. The van der Waals surface area contributed by atoms with Crippen molar-refractivity contribution in [2.75, 3.05) is 19.8 Å². The van der Waals surface area contributed by atoms with Gasteiger partial charge in [0.1, 0.15) is 0 Å². The van der Waals surface area contributed by atoms with Crippen molar-refractivity contribution in [3.63, 3.8) is 0 Å². The number of nitrogens with zero attached hydrogens (tertiary/aromatic N) is 1. The monoisotopic (exact) mass is 254 g/mol. The van der Waals surface area contributed by atoms with E-state index in [4.69, 9.17) is 5.73 Å². The van der Waals surface area contributed by atoms with Crippen molar-refractivity contribution in [2.24, 2.45) is 0 Å². The second kappa shape index (κ2) is 5.89. The Morgan fingerprint density at radius 2 is 1.37 bits per heavy atom. The van der Waals surface area contributed by atoms with Gasteiger partial charge in [-0.2, -0.15) is 0 Å². The average Bonchev–Trinajstić information content (AvgIpc) is 2.42. The Labute approximate surface area is 115 Å². The Bertz CT molecular complexity index is 512. The van der Waals surface area contributed by atoms with Gasteiger partial charge in [0, 0.05) is 5.69 Å². The quantitative estimate of drug-likeness (QED) is 0.846. The third-order valence-electron chi connectivity index (χ3n) is 3.47. The van der Waals surface area contributed by atoms with Gasteiger partial charge in [-0.1, -0.05) is 43.3 Å². The first kappa shape index (κ1) is 13.6. The molecule has 2 rings (SSSR count). The Morgan fingerprint density at radius 3 is 1.79 bits per heavy atom. The van der Waals surface area contributed by atoms with Crippen LogP contribution in [-0.4, -0.2) is 19.0 Å². The predicted molar refractivity (Wildman–Crippen MR) is 82.2 cm³/mol. The molecule has 0 fully saturated rings.